The van der Waals surface area contributed by atoms with Crippen molar-refractivity contribution < 1.29 is 4.79 Å². The highest BCUT2D eigenvalue weighted by atomic mass is 16.2. The van der Waals surface area contributed by atoms with Crippen LogP contribution in [0.3, 0.4) is 0 Å². The number of piperidine rings is 1. The van der Waals surface area contributed by atoms with Crippen LogP contribution in [0.5, 0.6) is 0 Å². The predicted molar refractivity (Wildman–Crippen MR) is 142 cm³/mol. The van der Waals surface area contributed by atoms with Crippen LogP contribution in [0.1, 0.15) is 62.6 Å². The van der Waals surface area contributed by atoms with Crippen LogP contribution in [0, 0.1) is 0 Å². The van der Waals surface area contributed by atoms with Gasteiger partial charge in [-0.15, -0.1) is 0 Å². The fourth-order valence-electron chi connectivity index (χ4n) is 6.34. The molecule has 1 aromatic carbocycles. The van der Waals surface area contributed by atoms with Crippen molar-refractivity contribution in [3.63, 3.8) is 0 Å². The number of amides is 1. The van der Waals surface area contributed by atoms with Gasteiger partial charge in [0.05, 0.1) is 34.2 Å². The molecule has 0 bridgehead atoms. The molecule has 2 N–H and O–H groups in total. The monoisotopic (exact) mass is 469 g/mol. The number of nitrogens with zero attached hydrogens (tertiary/aromatic N) is 4. The van der Waals surface area contributed by atoms with E-state index in [1.807, 2.05) is 19.4 Å². The summed E-state index contributed by atoms with van der Waals surface area (Å²) >= 11 is 0. The zero-order valence-electron chi connectivity index (χ0n) is 20.7. The summed E-state index contributed by atoms with van der Waals surface area (Å²) < 4.78 is 0. The summed E-state index contributed by atoms with van der Waals surface area (Å²) in [6.07, 6.45) is 14.1. The van der Waals surface area contributed by atoms with Crippen molar-refractivity contribution in [2.45, 2.75) is 63.2 Å². The molecular formula is C29H35N5O. The summed E-state index contributed by atoms with van der Waals surface area (Å²) in [7, 11) is 1.88. The van der Waals surface area contributed by atoms with E-state index in [-0.39, 0.29) is 11.3 Å². The van der Waals surface area contributed by atoms with E-state index in [0.717, 1.165) is 76.8 Å². The Kier molecular flexibility index (Phi) is 5.72. The molecule has 4 heterocycles. The van der Waals surface area contributed by atoms with Gasteiger partial charge in [0.15, 0.2) is 0 Å². The number of aryl methyl sites for hydroxylation is 1. The van der Waals surface area contributed by atoms with Crippen molar-refractivity contribution in [2.24, 2.45) is 0 Å². The molecule has 1 saturated carbocycles. The normalized spacial score (nSPS) is 19.3. The van der Waals surface area contributed by atoms with Crippen LogP contribution in [0.4, 0.5) is 11.4 Å². The summed E-state index contributed by atoms with van der Waals surface area (Å²) in [4.78, 5) is 26.9. The quantitative estimate of drug-likeness (QED) is 0.509. The Bertz CT molecular complexity index is 1280. The molecule has 3 aliphatic rings. The smallest absolute Gasteiger partial charge is 0.237 e. The molecule has 2 aliphatic heterocycles. The van der Waals surface area contributed by atoms with E-state index in [9.17, 15) is 4.79 Å². The standard InChI is InChI=1S/C29H35N5O/c1-33-26-19-32-24-10-9-20(16-22(24)27(26)29(28(33)35)11-7-12-29)21-17-23(30)25(31-18-21)8-3-6-15-34-13-4-2-5-14-34/h9-10,16-19H,2-8,11-15,30H2,1H3. The van der Waals surface area contributed by atoms with E-state index >= 15 is 0 Å². The maximum absolute atomic E-state index is 13.1. The number of nitrogen functional groups attached to an aromatic ring is 1. The number of hydrogen-bond donors (Lipinski definition) is 1. The largest absolute Gasteiger partial charge is 0.397 e. The number of likely N-dealkylation sites (tertiary alicyclic amines) is 1. The van der Waals surface area contributed by atoms with Crippen molar-refractivity contribution >= 4 is 28.2 Å². The molecule has 1 saturated heterocycles. The first-order valence-electron chi connectivity index (χ1n) is 13.3. The molecule has 182 valence electrons. The minimum absolute atomic E-state index is 0.217. The van der Waals surface area contributed by atoms with Gasteiger partial charge < -0.3 is 15.5 Å². The lowest BCUT2D eigenvalue weighted by Gasteiger charge is -2.37. The maximum Gasteiger partial charge on any atom is 0.237 e. The number of fused-ring (bicyclic) bond motifs is 4. The van der Waals surface area contributed by atoms with Gasteiger partial charge in [0.1, 0.15) is 0 Å². The molecule has 2 fully saturated rings. The molecule has 6 rings (SSSR count). The first kappa shape index (κ1) is 22.5. The molecule has 1 amide bonds. The van der Waals surface area contributed by atoms with E-state index < -0.39 is 0 Å². The number of likely N-dealkylation sites (N-methyl/N-ethyl adjacent to an activating group) is 1. The molecule has 2 aromatic heterocycles. The molecule has 3 aromatic rings. The summed E-state index contributed by atoms with van der Waals surface area (Å²) in [6, 6.07) is 8.39. The highest BCUT2D eigenvalue weighted by Crippen LogP contribution is 2.55. The lowest BCUT2D eigenvalue weighted by atomic mass is 9.64. The van der Waals surface area contributed by atoms with Gasteiger partial charge in [-0.1, -0.05) is 18.9 Å². The van der Waals surface area contributed by atoms with Crippen molar-refractivity contribution in [1.29, 1.82) is 0 Å². The van der Waals surface area contributed by atoms with Crippen molar-refractivity contribution in [3.05, 3.63) is 47.9 Å². The summed E-state index contributed by atoms with van der Waals surface area (Å²) in [5.41, 5.74) is 13.0. The minimum atomic E-state index is -0.362. The molecule has 0 atom stereocenters. The second-order valence-electron chi connectivity index (χ2n) is 10.7. The Hall–Kier alpha value is -2.99. The summed E-state index contributed by atoms with van der Waals surface area (Å²) in [6.45, 7) is 3.70. The lowest BCUT2D eigenvalue weighted by molar-refractivity contribution is -0.125. The number of anilines is 2. The maximum atomic E-state index is 13.1. The SMILES string of the molecule is CN1C(=O)C2(CCC2)c2c1cnc1ccc(-c3cnc(CCCCN4CCCCC4)c(N)c3)cc21. The third-order valence-electron chi connectivity index (χ3n) is 8.53. The Morgan fingerprint density at radius 1 is 0.971 bits per heavy atom. The van der Waals surface area contributed by atoms with E-state index in [0.29, 0.717) is 0 Å². The third kappa shape index (κ3) is 3.79. The number of hydrogen-bond acceptors (Lipinski definition) is 5. The van der Waals surface area contributed by atoms with E-state index in [1.165, 1.54) is 45.3 Å². The van der Waals surface area contributed by atoms with E-state index in [2.05, 4.69) is 34.1 Å². The number of aromatic nitrogens is 2. The van der Waals surface area contributed by atoms with Gasteiger partial charge in [-0.25, -0.2) is 0 Å². The van der Waals surface area contributed by atoms with Crippen LogP contribution >= 0.6 is 0 Å². The van der Waals surface area contributed by atoms with Crippen LogP contribution in [0.15, 0.2) is 36.7 Å². The fraction of sp³-hybridized carbons (Fsp3) is 0.483. The van der Waals surface area contributed by atoms with Crippen LogP contribution in [-0.4, -0.2) is 47.5 Å². The van der Waals surface area contributed by atoms with Gasteiger partial charge in [-0.3, -0.25) is 14.8 Å². The molecule has 6 heteroatoms. The molecular weight excluding hydrogens is 434 g/mol. The van der Waals surface area contributed by atoms with Crippen molar-refractivity contribution in [2.75, 3.05) is 37.3 Å². The topological polar surface area (TPSA) is 75.4 Å². The second kappa shape index (κ2) is 8.90. The van der Waals surface area contributed by atoms with Crippen LogP contribution < -0.4 is 10.6 Å². The zero-order chi connectivity index (χ0) is 24.0. The molecule has 35 heavy (non-hydrogen) atoms. The number of carbonyl (C=O) groups is 1. The number of rotatable bonds is 6. The zero-order valence-corrected chi connectivity index (χ0v) is 20.7. The van der Waals surface area contributed by atoms with Gasteiger partial charge in [-0.05, 0) is 88.3 Å². The molecule has 0 radical (unpaired) electrons. The number of unbranched alkanes of at least 4 members (excludes halogenated alkanes) is 1. The third-order valence-corrected chi connectivity index (χ3v) is 8.53. The van der Waals surface area contributed by atoms with E-state index in [1.54, 1.807) is 4.90 Å². The Morgan fingerprint density at radius 2 is 1.80 bits per heavy atom. The minimum Gasteiger partial charge on any atom is -0.397 e. The van der Waals surface area contributed by atoms with Gasteiger partial charge >= 0.3 is 0 Å². The summed E-state index contributed by atoms with van der Waals surface area (Å²) in [5, 5.41) is 1.08. The van der Waals surface area contributed by atoms with Gasteiger partial charge in [0, 0.05) is 29.8 Å². The average Bonchev–Trinajstić information content (AvgIpc) is 3.10. The highest BCUT2D eigenvalue weighted by Gasteiger charge is 2.54. The van der Waals surface area contributed by atoms with Gasteiger partial charge in [-0.2, -0.15) is 0 Å². The Balaban J connectivity index is 1.23. The first-order chi connectivity index (χ1) is 17.1. The van der Waals surface area contributed by atoms with Gasteiger partial charge in [0.25, 0.3) is 0 Å². The molecule has 6 nitrogen and oxygen atoms in total. The number of nitrogens with two attached hydrogens (primary N) is 1. The number of benzene rings is 1. The summed E-state index contributed by atoms with van der Waals surface area (Å²) in [5.74, 6) is 0.217. The Labute approximate surface area is 207 Å². The molecule has 0 unspecified atom stereocenters. The average molecular weight is 470 g/mol. The van der Waals surface area contributed by atoms with Crippen LogP contribution in [0.2, 0.25) is 0 Å². The first-order valence-corrected chi connectivity index (χ1v) is 13.3. The lowest BCUT2D eigenvalue weighted by Crippen LogP contribution is -2.43. The van der Waals surface area contributed by atoms with Crippen LogP contribution in [0.25, 0.3) is 22.0 Å². The predicted octanol–water partition coefficient (Wildman–Crippen LogP) is 5.09. The van der Waals surface area contributed by atoms with Crippen molar-refractivity contribution in [1.82, 2.24) is 14.9 Å². The van der Waals surface area contributed by atoms with Crippen LogP contribution in [-0.2, 0) is 16.6 Å². The number of carbonyl (C=O) groups excluding carboxylic acids is 1. The fourth-order valence-corrected chi connectivity index (χ4v) is 6.34. The van der Waals surface area contributed by atoms with Crippen molar-refractivity contribution in [3.8, 4) is 11.1 Å². The molecule has 1 aliphatic carbocycles. The molecule has 1 spiro atoms. The highest BCUT2D eigenvalue weighted by molar-refractivity contribution is 6.13. The number of pyridine rings is 2. The Morgan fingerprint density at radius 3 is 2.54 bits per heavy atom. The van der Waals surface area contributed by atoms with E-state index in [4.69, 9.17) is 10.7 Å². The van der Waals surface area contributed by atoms with Gasteiger partial charge in [0.2, 0.25) is 5.91 Å². The second-order valence-corrected chi connectivity index (χ2v) is 10.7.